The van der Waals surface area contributed by atoms with Crippen molar-refractivity contribution in [2.45, 2.75) is 33.1 Å². The molecule has 27 heavy (non-hydrogen) atoms. The Morgan fingerprint density at radius 1 is 0.963 bits per heavy atom. The first-order valence-electron chi connectivity index (χ1n) is 9.73. The average molecular weight is 364 g/mol. The molecule has 0 unspecified atom stereocenters. The zero-order chi connectivity index (χ0) is 19.2. The summed E-state index contributed by atoms with van der Waals surface area (Å²) in [5.41, 5.74) is 5.56. The molecule has 5 heteroatoms. The highest BCUT2D eigenvalue weighted by Crippen LogP contribution is 2.31. The fourth-order valence-corrected chi connectivity index (χ4v) is 3.53. The second-order valence-electron chi connectivity index (χ2n) is 8.70. The minimum atomic E-state index is -0.0160. The van der Waals surface area contributed by atoms with Gasteiger partial charge < -0.3 is 9.80 Å². The van der Waals surface area contributed by atoms with E-state index in [0.717, 1.165) is 48.9 Å². The molecule has 0 aliphatic carbocycles. The highest BCUT2D eigenvalue weighted by atomic mass is 15.4. The van der Waals surface area contributed by atoms with E-state index in [0.29, 0.717) is 0 Å². The smallest absolute Gasteiger partial charge is 0.165 e. The van der Waals surface area contributed by atoms with Gasteiger partial charge in [0.25, 0.3) is 0 Å². The number of piperazine rings is 1. The summed E-state index contributed by atoms with van der Waals surface area (Å²) in [7, 11) is 2.18. The Balaban J connectivity index is 1.88. The molecule has 0 bridgehead atoms. The van der Waals surface area contributed by atoms with Crippen molar-refractivity contribution in [1.29, 1.82) is 0 Å². The predicted molar refractivity (Wildman–Crippen MR) is 112 cm³/mol. The molecule has 5 nitrogen and oxygen atoms in total. The van der Waals surface area contributed by atoms with Gasteiger partial charge in [0.05, 0.1) is 11.9 Å². The molecule has 0 spiro atoms. The molecule has 3 heterocycles. The number of benzene rings is 1. The average Bonchev–Trinajstić information content (AvgIpc) is 3.06. The van der Waals surface area contributed by atoms with E-state index < -0.39 is 0 Å². The lowest BCUT2D eigenvalue weighted by Crippen LogP contribution is -2.45. The molecule has 3 aromatic rings. The van der Waals surface area contributed by atoms with Crippen LogP contribution in [0.4, 0.5) is 5.82 Å². The quantitative estimate of drug-likeness (QED) is 0.695. The number of likely N-dealkylation sites (N-methyl/N-ethyl adjacent to an activating group) is 1. The van der Waals surface area contributed by atoms with Crippen molar-refractivity contribution in [3.05, 3.63) is 47.8 Å². The fraction of sp³-hybridized carbons (Fsp3) is 0.455. The van der Waals surface area contributed by atoms with Gasteiger partial charge in [-0.25, -0.2) is 4.98 Å². The van der Waals surface area contributed by atoms with E-state index in [4.69, 9.17) is 10.1 Å². The molecule has 1 saturated heterocycles. The Hall–Kier alpha value is -2.40. The molecule has 0 saturated carbocycles. The Morgan fingerprint density at radius 3 is 2.26 bits per heavy atom. The van der Waals surface area contributed by atoms with Crippen LogP contribution < -0.4 is 4.90 Å². The van der Waals surface area contributed by atoms with Crippen molar-refractivity contribution in [3.63, 3.8) is 0 Å². The number of anilines is 1. The van der Waals surface area contributed by atoms with E-state index in [1.807, 2.05) is 10.7 Å². The summed E-state index contributed by atoms with van der Waals surface area (Å²) in [4.78, 5) is 9.85. The molecule has 0 radical (unpaired) electrons. The highest BCUT2D eigenvalue weighted by molar-refractivity contribution is 5.78. The predicted octanol–water partition coefficient (Wildman–Crippen LogP) is 3.75. The SMILES string of the molecule is Cc1ccc(-c2cnn3c(N4CCN(C)CC4)cc(C(C)(C)C)nc23)cc1. The molecule has 4 rings (SSSR count). The molecular weight excluding hydrogens is 334 g/mol. The maximum absolute atomic E-state index is 5.04. The van der Waals surface area contributed by atoms with Crippen LogP contribution >= 0.6 is 0 Å². The number of aryl methyl sites for hydroxylation is 1. The summed E-state index contributed by atoms with van der Waals surface area (Å²) in [5, 5.41) is 4.73. The molecule has 1 aliphatic rings. The maximum Gasteiger partial charge on any atom is 0.165 e. The van der Waals surface area contributed by atoms with Crippen LogP contribution in [0.5, 0.6) is 0 Å². The first-order chi connectivity index (χ1) is 12.8. The maximum atomic E-state index is 5.04. The monoisotopic (exact) mass is 363 g/mol. The van der Waals surface area contributed by atoms with E-state index in [1.165, 1.54) is 11.1 Å². The summed E-state index contributed by atoms with van der Waals surface area (Å²) in [6.07, 6.45) is 1.96. The number of fused-ring (bicyclic) bond motifs is 1. The second-order valence-corrected chi connectivity index (χ2v) is 8.70. The fourth-order valence-electron chi connectivity index (χ4n) is 3.53. The molecule has 1 fully saturated rings. The van der Waals surface area contributed by atoms with Crippen LogP contribution in [-0.4, -0.2) is 52.7 Å². The lowest BCUT2D eigenvalue weighted by molar-refractivity contribution is 0.311. The molecule has 0 amide bonds. The first-order valence-corrected chi connectivity index (χ1v) is 9.73. The van der Waals surface area contributed by atoms with E-state index in [1.54, 1.807) is 0 Å². The number of aromatic nitrogens is 3. The van der Waals surface area contributed by atoms with Crippen LogP contribution in [0, 0.1) is 6.92 Å². The molecular formula is C22H29N5. The Kier molecular flexibility index (Phi) is 4.42. The molecule has 1 aromatic carbocycles. The summed E-state index contributed by atoms with van der Waals surface area (Å²) >= 11 is 0. The lowest BCUT2D eigenvalue weighted by atomic mass is 9.91. The van der Waals surface area contributed by atoms with Gasteiger partial charge in [-0.1, -0.05) is 50.6 Å². The van der Waals surface area contributed by atoms with E-state index in [9.17, 15) is 0 Å². The van der Waals surface area contributed by atoms with Crippen LogP contribution in [-0.2, 0) is 5.41 Å². The number of nitrogens with zero attached hydrogens (tertiary/aromatic N) is 5. The van der Waals surface area contributed by atoms with Crippen molar-refractivity contribution >= 4 is 11.5 Å². The van der Waals surface area contributed by atoms with Gasteiger partial charge in [-0.05, 0) is 19.5 Å². The molecule has 0 N–H and O–H groups in total. The number of rotatable bonds is 2. The van der Waals surface area contributed by atoms with Gasteiger partial charge in [-0.3, -0.25) is 0 Å². The normalized spacial score (nSPS) is 16.3. The van der Waals surface area contributed by atoms with Gasteiger partial charge in [0.2, 0.25) is 0 Å². The van der Waals surface area contributed by atoms with Crippen LogP contribution in [0.2, 0.25) is 0 Å². The van der Waals surface area contributed by atoms with Crippen LogP contribution in [0.25, 0.3) is 16.8 Å². The Morgan fingerprint density at radius 2 is 1.63 bits per heavy atom. The van der Waals surface area contributed by atoms with E-state index in [-0.39, 0.29) is 5.41 Å². The number of hydrogen-bond acceptors (Lipinski definition) is 4. The minimum Gasteiger partial charge on any atom is -0.354 e. The lowest BCUT2D eigenvalue weighted by Gasteiger charge is -2.34. The van der Waals surface area contributed by atoms with E-state index >= 15 is 0 Å². The molecule has 142 valence electrons. The van der Waals surface area contributed by atoms with Crippen LogP contribution in [0.3, 0.4) is 0 Å². The zero-order valence-corrected chi connectivity index (χ0v) is 17.0. The van der Waals surface area contributed by atoms with Gasteiger partial charge in [0, 0.05) is 43.2 Å². The summed E-state index contributed by atoms with van der Waals surface area (Å²) in [6.45, 7) is 12.9. The topological polar surface area (TPSA) is 36.7 Å². The van der Waals surface area contributed by atoms with Crippen molar-refractivity contribution in [2.75, 3.05) is 38.1 Å². The van der Waals surface area contributed by atoms with Gasteiger partial charge in [-0.2, -0.15) is 9.61 Å². The summed E-state index contributed by atoms with van der Waals surface area (Å²) in [6, 6.07) is 10.8. The van der Waals surface area contributed by atoms with Gasteiger partial charge >= 0.3 is 0 Å². The first kappa shape index (κ1) is 18.0. The summed E-state index contributed by atoms with van der Waals surface area (Å²) < 4.78 is 2.02. The summed E-state index contributed by atoms with van der Waals surface area (Å²) in [5.74, 6) is 1.15. The second kappa shape index (κ2) is 6.64. The highest BCUT2D eigenvalue weighted by Gasteiger charge is 2.24. The molecule has 0 atom stereocenters. The van der Waals surface area contributed by atoms with Crippen LogP contribution in [0.1, 0.15) is 32.0 Å². The molecule has 2 aromatic heterocycles. The third-order valence-corrected chi connectivity index (χ3v) is 5.41. The van der Waals surface area contributed by atoms with Gasteiger partial charge in [-0.15, -0.1) is 0 Å². The largest absolute Gasteiger partial charge is 0.354 e. The van der Waals surface area contributed by atoms with Gasteiger partial charge in [0.15, 0.2) is 5.65 Å². The number of hydrogen-bond donors (Lipinski definition) is 0. The Bertz CT molecular complexity index is 941. The van der Waals surface area contributed by atoms with Crippen molar-refractivity contribution < 1.29 is 0 Å². The molecule has 1 aliphatic heterocycles. The zero-order valence-electron chi connectivity index (χ0n) is 17.0. The van der Waals surface area contributed by atoms with Crippen LogP contribution in [0.15, 0.2) is 36.5 Å². The minimum absolute atomic E-state index is 0.0160. The van der Waals surface area contributed by atoms with Crippen molar-refractivity contribution in [2.24, 2.45) is 0 Å². The standard InChI is InChI=1S/C22H29N5/c1-16-6-8-17(9-7-16)18-15-23-27-20(26-12-10-25(5)11-13-26)14-19(22(2,3)4)24-21(18)27/h6-9,14-15H,10-13H2,1-5H3. The third kappa shape index (κ3) is 3.44. The van der Waals surface area contributed by atoms with Gasteiger partial charge in [0.1, 0.15) is 5.82 Å². The van der Waals surface area contributed by atoms with Crippen molar-refractivity contribution in [1.82, 2.24) is 19.5 Å². The van der Waals surface area contributed by atoms with E-state index in [2.05, 4.69) is 74.9 Å². The van der Waals surface area contributed by atoms with Crippen molar-refractivity contribution in [3.8, 4) is 11.1 Å². The Labute approximate surface area is 161 Å². The third-order valence-electron chi connectivity index (χ3n) is 5.41.